The largest absolute Gasteiger partial charge is 0.480 e. The van der Waals surface area contributed by atoms with Gasteiger partial charge in [0, 0.05) is 5.56 Å². The maximum absolute atomic E-state index is 11.2. The van der Waals surface area contributed by atoms with Crippen LogP contribution in [0.2, 0.25) is 0 Å². The highest BCUT2D eigenvalue weighted by Crippen LogP contribution is 2.28. The van der Waals surface area contributed by atoms with Crippen LogP contribution in [0.3, 0.4) is 0 Å². The van der Waals surface area contributed by atoms with Gasteiger partial charge >= 0.3 is 0 Å². The Labute approximate surface area is 104 Å². The number of benzene rings is 2. The fraction of sp³-hybridized carbons (Fsp3) is 0.0667. The van der Waals surface area contributed by atoms with Gasteiger partial charge in [0.15, 0.2) is 12.6 Å². The summed E-state index contributed by atoms with van der Waals surface area (Å²) >= 11 is 0. The molecule has 0 heterocycles. The third kappa shape index (κ3) is 1.96. The molecule has 2 aromatic carbocycles. The molecule has 88 valence electrons. The first kappa shape index (κ1) is 11.9. The Morgan fingerprint density at radius 1 is 1.11 bits per heavy atom. The van der Waals surface area contributed by atoms with Gasteiger partial charge in [-0.25, -0.2) is 0 Å². The van der Waals surface area contributed by atoms with Crippen LogP contribution in [0.4, 0.5) is 0 Å². The first-order chi connectivity index (χ1) is 8.81. The Morgan fingerprint density at radius 2 is 1.94 bits per heavy atom. The van der Waals surface area contributed by atoms with Crippen molar-refractivity contribution in [3.8, 4) is 18.1 Å². The monoisotopic (exact) mass is 238 g/mol. The molecule has 0 bridgehead atoms. The fourth-order valence-corrected chi connectivity index (χ4v) is 1.86. The van der Waals surface area contributed by atoms with E-state index >= 15 is 0 Å². The van der Waals surface area contributed by atoms with E-state index in [-0.39, 0.29) is 6.61 Å². The first-order valence-electron chi connectivity index (χ1n) is 5.34. The summed E-state index contributed by atoms with van der Waals surface area (Å²) in [4.78, 5) is 22.1. The summed E-state index contributed by atoms with van der Waals surface area (Å²) in [5.74, 6) is 2.77. The maximum Gasteiger partial charge on any atom is 0.154 e. The van der Waals surface area contributed by atoms with Gasteiger partial charge in [0.05, 0.1) is 5.56 Å². The zero-order valence-corrected chi connectivity index (χ0v) is 9.55. The standard InChI is InChI=1S/C15H10O3/c1-2-8-18-15-7-6-12-11(9-16)4-3-5-13(12)14(15)10-17/h1,3-7,9-10H,8H2. The SMILES string of the molecule is C#CCOc1ccc2c(C=O)cccc2c1C=O. The molecule has 0 aliphatic heterocycles. The van der Waals surface area contributed by atoms with E-state index in [1.54, 1.807) is 30.3 Å². The van der Waals surface area contributed by atoms with Crippen molar-refractivity contribution in [2.75, 3.05) is 6.61 Å². The molecule has 3 nitrogen and oxygen atoms in total. The Balaban J connectivity index is 2.69. The van der Waals surface area contributed by atoms with Crippen molar-refractivity contribution >= 4 is 23.3 Å². The average molecular weight is 238 g/mol. The maximum atomic E-state index is 11.2. The minimum absolute atomic E-state index is 0.0969. The lowest BCUT2D eigenvalue weighted by Gasteiger charge is -2.09. The Kier molecular flexibility index (Phi) is 3.40. The number of fused-ring (bicyclic) bond motifs is 1. The van der Waals surface area contributed by atoms with Gasteiger partial charge in [0.1, 0.15) is 12.4 Å². The summed E-state index contributed by atoms with van der Waals surface area (Å²) in [6.07, 6.45) is 6.59. The number of rotatable bonds is 4. The van der Waals surface area contributed by atoms with Crippen LogP contribution in [0.25, 0.3) is 10.8 Å². The highest BCUT2D eigenvalue weighted by molar-refractivity contribution is 6.06. The minimum atomic E-state index is 0.0969. The molecule has 2 rings (SSSR count). The van der Waals surface area contributed by atoms with Crippen molar-refractivity contribution in [2.45, 2.75) is 0 Å². The summed E-state index contributed by atoms with van der Waals surface area (Å²) in [5, 5.41) is 1.41. The topological polar surface area (TPSA) is 43.4 Å². The second kappa shape index (κ2) is 5.15. The molecule has 0 unspecified atom stereocenters. The first-order valence-corrected chi connectivity index (χ1v) is 5.34. The molecule has 0 aliphatic rings. The minimum Gasteiger partial charge on any atom is -0.480 e. The normalized spacial score (nSPS) is 9.72. The molecule has 0 saturated carbocycles. The number of carbonyl (C=O) groups is 2. The van der Waals surface area contributed by atoms with Crippen LogP contribution in [0.1, 0.15) is 20.7 Å². The van der Waals surface area contributed by atoms with Gasteiger partial charge in [0.25, 0.3) is 0 Å². The van der Waals surface area contributed by atoms with Crippen LogP contribution >= 0.6 is 0 Å². The molecule has 0 radical (unpaired) electrons. The Hall–Kier alpha value is -2.60. The molecule has 0 spiro atoms. The quantitative estimate of drug-likeness (QED) is 0.607. The van der Waals surface area contributed by atoms with Crippen molar-refractivity contribution < 1.29 is 14.3 Å². The van der Waals surface area contributed by atoms with Crippen molar-refractivity contribution in [3.05, 3.63) is 41.5 Å². The van der Waals surface area contributed by atoms with E-state index in [1.807, 2.05) is 0 Å². The second-order valence-electron chi connectivity index (χ2n) is 3.65. The molecule has 0 aliphatic carbocycles. The summed E-state index contributed by atoms with van der Waals surface area (Å²) in [6, 6.07) is 8.60. The molecule has 18 heavy (non-hydrogen) atoms. The summed E-state index contributed by atoms with van der Waals surface area (Å²) in [7, 11) is 0. The summed E-state index contributed by atoms with van der Waals surface area (Å²) in [5.41, 5.74) is 0.950. The molecule has 0 atom stereocenters. The van der Waals surface area contributed by atoms with Gasteiger partial charge in [-0.2, -0.15) is 0 Å². The van der Waals surface area contributed by atoms with Crippen LogP contribution in [0.15, 0.2) is 30.3 Å². The number of carbonyl (C=O) groups excluding carboxylic acids is 2. The molecule has 0 saturated heterocycles. The van der Waals surface area contributed by atoms with Crippen LogP contribution < -0.4 is 4.74 Å². The third-order valence-corrected chi connectivity index (χ3v) is 2.65. The van der Waals surface area contributed by atoms with E-state index < -0.39 is 0 Å². The molecule has 3 heteroatoms. The lowest BCUT2D eigenvalue weighted by molar-refractivity contribution is 0.111. The third-order valence-electron chi connectivity index (χ3n) is 2.65. The van der Waals surface area contributed by atoms with Crippen LogP contribution in [-0.2, 0) is 0 Å². The van der Waals surface area contributed by atoms with Crippen molar-refractivity contribution in [1.82, 2.24) is 0 Å². The second-order valence-corrected chi connectivity index (χ2v) is 3.65. The predicted octanol–water partition coefficient (Wildman–Crippen LogP) is 2.48. The van der Waals surface area contributed by atoms with Crippen molar-refractivity contribution in [2.24, 2.45) is 0 Å². The number of hydrogen-bond acceptors (Lipinski definition) is 3. The van der Waals surface area contributed by atoms with E-state index in [0.717, 1.165) is 11.7 Å². The van der Waals surface area contributed by atoms with Crippen LogP contribution in [-0.4, -0.2) is 19.2 Å². The Bertz CT molecular complexity index is 651. The van der Waals surface area contributed by atoms with Crippen molar-refractivity contribution in [3.63, 3.8) is 0 Å². The number of aldehydes is 2. The van der Waals surface area contributed by atoms with E-state index in [9.17, 15) is 9.59 Å². The van der Waals surface area contributed by atoms with Crippen molar-refractivity contribution in [1.29, 1.82) is 0 Å². The van der Waals surface area contributed by atoms with E-state index in [2.05, 4.69) is 5.92 Å². The van der Waals surface area contributed by atoms with Gasteiger partial charge in [-0.3, -0.25) is 9.59 Å². The highest BCUT2D eigenvalue weighted by Gasteiger charge is 2.09. The molecular formula is C15H10O3. The molecule has 0 amide bonds. The van der Waals surface area contributed by atoms with Crippen LogP contribution in [0, 0.1) is 12.3 Å². The zero-order chi connectivity index (χ0) is 13.0. The van der Waals surface area contributed by atoms with Crippen LogP contribution in [0.5, 0.6) is 5.75 Å². The summed E-state index contributed by atoms with van der Waals surface area (Å²) in [6.45, 7) is 0.0969. The lowest BCUT2D eigenvalue weighted by atomic mass is 10.0. The molecule has 2 aromatic rings. The smallest absolute Gasteiger partial charge is 0.154 e. The molecular weight excluding hydrogens is 228 g/mol. The Morgan fingerprint density at radius 3 is 2.61 bits per heavy atom. The fourth-order valence-electron chi connectivity index (χ4n) is 1.86. The zero-order valence-electron chi connectivity index (χ0n) is 9.55. The molecule has 0 fully saturated rings. The average Bonchev–Trinajstić information content (AvgIpc) is 2.43. The van der Waals surface area contributed by atoms with Gasteiger partial charge in [-0.05, 0) is 22.9 Å². The molecule has 0 N–H and O–H groups in total. The predicted molar refractivity (Wildman–Crippen MR) is 69.1 cm³/mol. The van der Waals surface area contributed by atoms with E-state index in [4.69, 9.17) is 11.2 Å². The molecule has 0 aromatic heterocycles. The highest BCUT2D eigenvalue weighted by atomic mass is 16.5. The summed E-state index contributed by atoms with van der Waals surface area (Å²) < 4.78 is 5.30. The van der Waals surface area contributed by atoms with Gasteiger partial charge in [-0.1, -0.05) is 24.1 Å². The number of terminal acetylenes is 1. The van der Waals surface area contributed by atoms with E-state index in [0.29, 0.717) is 28.5 Å². The van der Waals surface area contributed by atoms with Gasteiger partial charge in [0.2, 0.25) is 0 Å². The van der Waals surface area contributed by atoms with Gasteiger partial charge < -0.3 is 4.74 Å². The van der Waals surface area contributed by atoms with E-state index in [1.165, 1.54) is 0 Å². The lowest BCUT2D eigenvalue weighted by Crippen LogP contribution is -1.98. The van der Waals surface area contributed by atoms with Gasteiger partial charge in [-0.15, -0.1) is 6.42 Å². The number of ether oxygens (including phenoxy) is 1. The number of hydrogen-bond donors (Lipinski definition) is 0.